The summed E-state index contributed by atoms with van der Waals surface area (Å²) in [4.78, 5) is 11.8. The molecule has 1 amide bonds. The van der Waals surface area contributed by atoms with E-state index in [0.29, 0.717) is 31.1 Å². The maximum absolute atomic E-state index is 11.8. The molecule has 0 aliphatic rings. The van der Waals surface area contributed by atoms with Gasteiger partial charge in [0.2, 0.25) is 0 Å². The Labute approximate surface area is 169 Å². The van der Waals surface area contributed by atoms with Crippen LogP contribution >= 0.6 is 15.9 Å². The van der Waals surface area contributed by atoms with Crippen LogP contribution in [0.3, 0.4) is 0 Å². The zero-order valence-corrected chi connectivity index (χ0v) is 17.8. The predicted octanol–water partition coefficient (Wildman–Crippen LogP) is 5.10. The highest BCUT2D eigenvalue weighted by atomic mass is 79.9. The fourth-order valence-electron chi connectivity index (χ4n) is 2.39. The minimum atomic E-state index is -0.511. The molecule has 2 aromatic rings. The van der Waals surface area contributed by atoms with E-state index >= 15 is 0 Å². The molecule has 5 nitrogen and oxygen atoms in total. The highest BCUT2D eigenvalue weighted by molar-refractivity contribution is 9.10. The molecule has 0 spiro atoms. The average Bonchev–Trinajstić information content (AvgIpc) is 2.61. The number of ether oxygens (including phenoxy) is 3. The summed E-state index contributed by atoms with van der Waals surface area (Å²) in [7, 11) is 1.61. The lowest BCUT2D eigenvalue weighted by Crippen LogP contribution is -2.33. The van der Waals surface area contributed by atoms with Gasteiger partial charge in [-0.3, -0.25) is 0 Å². The number of methoxy groups -OCH3 is 1. The minimum Gasteiger partial charge on any atom is -0.493 e. The zero-order chi connectivity index (χ0) is 19.9. The molecule has 0 bridgehead atoms. The van der Waals surface area contributed by atoms with Gasteiger partial charge in [0, 0.05) is 11.0 Å². The van der Waals surface area contributed by atoms with Gasteiger partial charge < -0.3 is 19.5 Å². The summed E-state index contributed by atoms with van der Waals surface area (Å²) in [6.07, 6.45) is 0.207. The third kappa shape index (κ3) is 7.13. The molecular formula is C21H26BrNO4. The first-order valence-electron chi connectivity index (χ1n) is 8.78. The zero-order valence-electron chi connectivity index (χ0n) is 16.2. The van der Waals surface area contributed by atoms with Crippen LogP contribution in [-0.2, 0) is 17.8 Å². The Bertz CT molecular complexity index is 757. The standard InChI is InChI=1S/C21H26BrNO4/c1-21(2,3)27-20(24)23-11-10-16-12-19(18(25-4)13-17(16)22)26-14-15-8-6-5-7-9-15/h5-9,12-13H,10-11,14H2,1-4H3,(H,23,24). The molecule has 0 saturated carbocycles. The molecule has 6 heteroatoms. The number of nitrogens with one attached hydrogen (secondary N) is 1. The number of carbonyl (C=O) groups is 1. The maximum atomic E-state index is 11.8. The molecule has 0 fully saturated rings. The number of halogens is 1. The van der Waals surface area contributed by atoms with E-state index in [-0.39, 0.29) is 0 Å². The topological polar surface area (TPSA) is 56.8 Å². The third-order valence-corrected chi connectivity index (χ3v) is 4.37. The van der Waals surface area contributed by atoms with Crippen LogP contribution in [-0.4, -0.2) is 25.3 Å². The number of amides is 1. The van der Waals surface area contributed by atoms with Crippen molar-refractivity contribution in [3.05, 3.63) is 58.1 Å². The maximum Gasteiger partial charge on any atom is 0.407 e. The fourth-order valence-corrected chi connectivity index (χ4v) is 2.91. The van der Waals surface area contributed by atoms with E-state index in [1.807, 2.05) is 63.2 Å². The number of benzene rings is 2. The first kappa shape index (κ1) is 21.1. The van der Waals surface area contributed by atoms with Gasteiger partial charge in [0.25, 0.3) is 0 Å². The lowest BCUT2D eigenvalue weighted by Gasteiger charge is -2.20. The van der Waals surface area contributed by atoms with E-state index in [1.165, 1.54) is 0 Å². The van der Waals surface area contributed by atoms with Crippen molar-refractivity contribution in [2.45, 2.75) is 39.4 Å². The molecule has 0 atom stereocenters. The number of hydrogen-bond donors (Lipinski definition) is 1. The molecular weight excluding hydrogens is 410 g/mol. The quantitative estimate of drug-likeness (QED) is 0.656. The summed E-state index contributed by atoms with van der Waals surface area (Å²) >= 11 is 3.55. The normalized spacial score (nSPS) is 11.0. The first-order valence-corrected chi connectivity index (χ1v) is 9.58. The van der Waals surface area contributed by atoms with Gasteiger partial charge in [0.15, 0.2) is 11.5 Å². The highest BCUT2D eigenvalue weighted by Crippen LogP contribution is 2.34. The molecule has 27 heavy (non-hydrogen) atoms. The van der Waals surface area contributed by atoms with E-state index in [1.54, 1.807) is 7.11 Å². The van der Waals surface area contributed by atoms with Crippen molar-refractivity contribution in [2.75, 3.05) is 13.7 Å². The summed E-state index contributed by atoms with van der Waals surface area (Å²) < 4.78 is 17.5. The van der Waals surface area contributed by atoms with Gasteiger partial charge in [0.05, 0.1) is 7.11 Å². The van der Waals surface area contributed by atoms with E-state index in [2.05, 4.69) is 21.2 Å². The van der Waals surface area contributed by atoms with Crippen molar-refractivity contribution in [3.63, 3.8) is 0 Å². The van der Waals surface area contributed by atoms with Gasteiger partial charge in [-0.15, -0.1) is 0 Å². The van der Waals surface area contributed by atoms with Gasteiger partial charge in [0.1, 0.15) is 12.2 Å². The van der Waals surface area contributed by atoms with Gasteiger partial charge in [-0.1, -0.05) is 46.3 Å². The van der Waals surface area contributed by atoms with Crippen molar-refractivity contribution in [1.82, 2.24) is 5.32 Å². The van der Waals surface area contributed by atoms with E-state index < -0.39 is 11.7 Å². The van der Waals surface area contributed by atoms with Crippen molar-refractivity contribution >= 4 is 22.0 Å². The van der Waals surface area contributed by atoms with Crippen molar-refractivity contribution < 1.29 is 19.0 Å². The van der Waals surface area contributed by atoms with Crippen LogP contribution in [0.2, 0.25) is 0 Å². The SMILES string of the molecule is COc1cc(Br)c(CCNC(=O)OC(C)(C)C)cc1OCc1ccccc1. The lowest BCUT2D eigenvalue weighted by molar-refractivity contribution is 0.0528. The highest BCUT2D eigenvalue weighted by Gasteiger charge is 2.16. The van der Waals surface area contributed by atoms with Gasteiger partial charge in [-0.05, 0) is 50.5 Å². The van der Waals surface area contributed by atoms with E-state index in [4.69, 9.17) is 14.2 Å². The minimum absolute atomic E-state index is 0.423. The second-order valence-electron chi connectivity index (χ2n) is 7.05. The summed E-state index contributed by atoms with van der Waals surface area (Å²) in [5, 5.41) is 2.77. The molecule has 146 valence electrons. The summed E-state index contributed by atoms with van der Waals surface area (Å²) in [6.45, 7) is 6.42. The fraction of sp³-hybridized carbons (Fsp3) is 0.381. The summed E-state index contributed by atoms with van der Waals surface area (Å²) in [5.74, 6) is 1.32. The Morgan fingerprint density at radius 3 is 2.44 bits per heavy atom. The molecule has 0 aromatic heterocycles. The molecule has 0 heterocycles. The second-order valence-corrected chi connectivity index (χ2v) is 7.90. The largest absolute Gasteiger partial charge is 0.493 e. The smallest absolute Gasteiger partial charge is 0.407 e. The summed E-state index contributed by atoms with van der Waals surface area (Å²) in [6, 6.07) is 13.8. The van der Waals surface area contributed by atoms with Crippen molar-refractivity contribution in [1.29, 1.82) is 0 Å². The van der Waals surface area contributed by atoms with Crippen LogP contribution in [0.4, 0.5) is 4.79 Å². The summed E-state index contributed by atoms with van der Waals surface area (Å²) in [5.41, 5.74) is 1.58. The van der Waals surface area contributed by atoms with Crippen molar-refractivity contribution in [2.24, 2.45) is 0 Å². The third-order valence-electron chi connectivity index (χ3n) is 3.63. The Kier molecular flexibility index (Phi) is 7.54. The number of alkyl carbamates (subject to hydrolysis) is 1. The van der Waals surface area contributed by atoms with Crippen LogP contribution < -0.4 is 14.8 Å². The van der Waals surface area contributed by atoms with Gasteiger partial charge in [-0.25, -0.2) is 4.79 Å². The monoisotopic (exact) mass is 435 g/mol. The van der Waals surface area contributed by atoms with Crippen molar-refractivity contribution in [3.8, 4) is 11.5 Å². The van der Waals surface area contributed by atoms with Crippen LogP contribution in [0.25, 0.3) is 0 Å². The van der Waals surface area contributed by atoms with Crippen LogP contribution in [0.5, 0.6) is 11.5 Å². The van der Waals surface area contributed by atoms with Gasteiger partial charge >= 0.3 is 6.09 Å². The van der Waals surface area contributed by atoms with E-state index in [0.717, 1.165) is 15.6 Å². The molecule has 2 aromatic carbocycles. The Morgan fingerprint density at radius 2 is 1.81 bits per heavy atom. The molecule has 0 aliphatic carbocycles. The Hall–Kier alpha value is -2.21. The number of rotatable bonds is 7. The van der Waals surface area contributed by atoms with E-state index in [9.17, 15) is 4.79 Å². The molecule has 0 unspecified atom stereocenters. The Morgan fingerprint density at radius 1 is 1.11 bits per heavy atom. The molecule has 0 radical (unpaired) electrons. The van der Waals surface area contributed by atoms with Gasteiger partial charge in [-0.2, -0.15) is 0 Å². The number of carbonyl (C=O) groups excluding carboxylic acids is 1. The average molecular weight is 436 g/mol. The van der Waals surface area contributed by atoms with Crippen LogP contribution in [0.15, 0.2) is 46.9 Å². The first-order chi connectivity index (χ1) is 12.8. The predicted molar refractivity (Wildman–Crippen MR) is 109 cm³/mol. The molecule has 0 saturated heterocycles. The molecule has 1 N–H and O–H groups in total. The molecule has 0 aliphatic heterocycles. The second kappa shape index (κ2) is 9.65. The van der Waals surface area contributed by atoms with Crippen LogP contribution in [0, 0.1) is 0 Å². The lowest BCUT2D eigenvalue weighted by atomic mass is 10.1. The van der Waals surface area contributed by atoms with Crippen LogP contribution in [0.1, 0.15) is 31.9 Å². The Balaban J connectivity index is 2.00. The number of hydrogen-bond acceptors (Lipinski definition) is 4. The molecule has 2 rings (SSSR count).